The third-order valence-corrected chi connectivity index (χ3v) is 4.69. The summed E-state index contributed by atoms with van der Waals surface area (Å²) in [6, 6.07) is 0. The molecule has 0 saturated heterocycles. The lowest BCUT2D eigenvalue weighted by molar-refractivity contribution is -0.0706. The van der Waals surface area contributed by atoms with Crippen LogP contribution in [-0.4, -0.2) is 15.5 Å². The lowest BCUT2D eigenvalue weighted by atomic mass is 9.67. The summed E-state index contributed by atoms with van der Waals surface area (Å²) in [5.41, 5.74) is -0.301. The van der Waals surface area contributed by atoms with E-state index in [0.717, 1.165) is 12.8 Å². The van der Waals surface area contributed by atoms with E-state index in [4.69, 9.17) is 0 Å². The number of alkyl halides is 1. The van der Waals surface area contributed by atoms with Crippen molar-refractivity contribution in [2.24, 2.45) is 5.92 Å². The topological polar surface area (TPSA) is 20.2 Å². The molecule has 0 spiro atoms. The Hall–Kier alpha value is 0.440. The van der Waals surface area contributed by atoms with Crippen LogP contribution in [0.4, 0.5) is 0 Å². The molecular weight excluding hydrogens is 216 g/mol. The molecule has 1 nitrogen and oxygen atoms in total. The van der Waals surface area contributed by atoms with Gasteiger partial charge in [-0.1, -0.05) is 28.8 Å². The van der Waals surface area contributed by atoms with Crippen molar-refractivity contribution in [2.75, 3.05) is 0 Å². The fourth-order valence-corrected chi connectivity index (χ4v) is 3.96. The summed E-state index contributed by atoms with van der Waals surface area (Å²) in [4.78, 5) is 0.580. The van der Waals surface area contributed by atoms with E-state index in [1.54, 1.807) is 0 Å². The maximum absolute atomic E-state index is 10.3. The lowest BCUT2D eigenvalue weighted by Gasteiger charge is -2.46. The normalized spacial score (nSPS) is 48.5. The summed E-state index contributed by atoms with van der Waals surface area (Å²) < 4.78 is 0. The standard InChI is InChI=1S/C10H17BrO/c11-9-5-3-7-10(12)6-2-1-4-8(9)10/h8-9,12H,1-7H2. The van der Waals surface area contributed by atoms with Crippen LogP contribution in [0.15, 0.2) is 0 Å². The molecule has 1 N–H and O–H groups in total. The molecule has 0 radical (unpaired) electrons. The highest BCUT2D eigenvalue weighted by atomic mass is 79.9. The fourth-order valence-electron chi connectivity index (χ4n) is 2.88. The van der Waals surface area contributed by atoms with Gasteiger partial charge < -0.3 is 5.11 Å². The van der Waals surface area contributed by atoms with Gasteiger partial charge in [-0.25, -0.2) is 0 Å². The number of aliphatic hydroxyl groups is 1. The fraction of sp³-hybridized carbons (Fsp3) is 1.00. The minimum absolute atomic E-state index is 0.301. The van der Waals surface area contributed by atoms with Crippen molar-refractivity contribution in [3.05, 3.63) is 0 Å². The average molecular weight is 233 g/mol. The first-order chi connectivity index (χ1) is 5.72. The molecule has 0 amide bonds. The van der Waals surface area contributed by atoms with E-state index in [2.05, 4.69) is 15.9 Å². The first kappa shape index (κ1) is 9.01. The minimum atomic E-state index is -0.301. The first-order valence-corrected chi connectivity index (χ1v) is 6.00. The summed E-state index contributed by atoms with van der Waals surface area (Å²) in [6.45, 7) is 0. The zero-order valence-electron chi connectivity index (χ0n) is 7.43. The molecule has 2 aliphatic rings. The van der Waals surface area contributed by atoms with Gasteiger partial charge >= 0.3 is 0 Å². The van der Waals surface area contributed by atoms with Gasteiger partial charge in [0, 0.05) is 10.7 Å². The van der Waals surface area contributed by atoms with Crippen LogP contribution in [0, 0.1) is 5.92 Å². The molecule has 0 heterocycles. The van der Waals surface area contributed by atoms with Crippen molar-refractivity contribution >= 4 is 15.9 Å². The zero-order chi connectivity index (χ0) is 8.60. The number of hydrogen-bond acceptors (Lipinski definition) is 1. The molecule has 2 saturated carbocycles. The van der Waals surface area contributed by atoms with Gasteiger partial charge in [-0.05, 0) is 32.1 Å². The third-order valence-electron chi connectivity index (χ3n) is 3.59. The summed E-state index contributed by atoms with van der Waals surface area (Å²) in [5.74, 6) is 0.542. The molecule has 0 aromatic rings. The molecule has 2 heteroatoms. The van der Waals surface area contributed by atoms with Gasteiger partial charge in [0.1, 0.15) is 0 Å². The molecule has 0 aromatic heterocycles. The van der Waals surface area contributed by atoms with Crippen LogP contribution in [0.5, 0.6) is 0 Å². The molecule has 2 fully saturated rings. The van der Waals surface area contributed by atoms with Gasteiger partial charge in [0.25, 0.3) is 0 Å². The molecule has 0 aliphatic heterocycles. The highest BCUT2D eigenvalue weighted by Gasteiger charge is 2.44. The predicted octanol–water partition coefficient (Wildman–Crippen LogP) is 2.86. The molecule has 3 atom stereocenters. The van der Waals surface area contributed by atoms with Gasteiger partial charge in [0.15, 0.2) is 0 Å². The molecule has 2 aliphatic carbocycles. The smallest absolute Gasteiger partial charge is 0.0686 e. The van der Waals surface area contributed by atoms with Crippen LogP contribution in [0.25, 0.3) is 0 Å². The van der Waals surface area contributed by atoms with E-state index in [0.29, 0.717) is 10.7 Å². The monoisotopic (exact) mass is 232 g/mol. The van der Waals surface area contributed by atoms with Crippen molar-refractivity contribution < 1.29 is 5.11 Å². The van der Waals surface area contributed by atoms with Crippen LogP contribution in [-0.2, 0) is 0 Å². The third kappa shape index (κ3) is 1.44. The SMILES string of the molecule is OC12CCCCC1C(Br)CCC2. The Morgan fingerprint density at radius 1 is 1.08 bits per heavy atom. The van der Waals surface area contributed by atoms with Crippen molar-refractivity contribution in [2.45, 2.75) is 55.4 Å². The van der Waals surface area contributed by atoms with Gasteiger partial charge in [0.2, 0.25) is 0 Å². The molecule has 70 valence electrons. The van der Waals surface area contributed by atoms with E-state index in [1.165, 1.54) is 32.1 Å². The molecule has 0 bridgehead atoms. The molecule has 12 heavy (non-hydrogen) atoms. The maximum atomic E-state index is 10.3. The van der Waals surface area contributed by atoms with Crippen LogP contribution in [0.2, 0.25) is 0 Å². The number of rotatable bonds is 0. The van der Waals surface area contributed by atoms with E-state index >= 15 is 0 Å². The lowest BCUT2D eigenvalue weighted by Crippen LogP contribution is -2.47. The van der Waals surface area contributed by atoms with Crippen LogP contribution >= 0.6 is 15.9 Å². The number of halogens is 1. The van der Waals surface area contributed by atoms with E-state index in [1.807, 2.05) is 0 Å². The highest BCUT2D eigenvalue weighted by Crippen LogP contribution is 2.46. The Balaban J connectivity index is 2.12. The predicted molar refractivity (Wildman–Crippen MR) is 53.5 cm³/mol. The maximum Gasteiger partial charge on any atom is 0.0686 e. The van der Waals surface area contributed by atoms with Crippen molar-refractivity contribution in [3.8, 4) is 0 Å². The van der Waals surface area contributed by atoms with Gasteiger partial charge in [-0.2, -0.15) is 0 Å². The van der Waals surface area contributed by atoms with E-state index in [9.17, 15) is 5.11 Å². The van der Waals surface area contributed by atoms with Gasteiger partial charge in [0.05, 0.1) is 5.60 Å². The Labute approximate surface area is 82.7 Å². The van der Waals surface area contributed by atoms with Crippen molar-refractivity contribution in [3.63, 3.8) is 0 Å². The molecule has 2 rings (SSSR count). The molecule has 3 unspecified atom stereocenters. The summed E-state index contributed by atoms with van der Waals surface area (Å²) in [5, 5.41) is 10.3. The second-order valence-corrected chi connectivity index (χ2v) is 5.54. The molecular formula is C10H17BrO. The van der Waals surface area contributed by atoms with Crippen molar-refractivity contribution in [1.82, 2.24) is 0 Å². The quantitative estimate of drug-likeness (QED) is 0.638. The Bertz CT molecular complexity index is 167. The second kappa shape index (κ2) is 3.30. The zero-order valence-corrected chi connectivity index (χ0v) is 9.02. The number of fused-ring (bicyclic) bond motifs is 1. The van der Waals surface area contributed by atoms with Crippen LogP contribution in [0.1, 0.15) is 44.9 Å². The second-order valence-electron chi connectivity index (χ2n) is 4.36. The number of hydrogen-bond donors (Lipinski definition) is 1. The van der Waals surface area contributed by atoms with E-state index in [-0.39, 0.29) is 5.60 Å². The summed E-state index contributed by atoms with van der Waals surface area (Å²) in [7, 11) is 0. The minimum Gasteiger partial charge on any atom is -0.390 e. The summed E-state index contributed by atoms with van der Waals surface area (Å²) >= 11 is 3.71. The Kier molecular flexibility index (Phi) is 2.48. The van der Waals surface area contributed by atoms with E-state index < -0.39 is 0 Å². The largest absolute Gasteiger partial charge is 0.390 e. The first-order valence-electron chi connectivity index (χ1n) is 5.09. The average Bonchev–Trinajstić information content (AvgIpc) is 2.04. The Morgan fingerprint density at radius 2 is 1.83 bits per heavy atom. The van der Waals surface area contributed by atoms with Crippen LogP contribution < -0.4 is 0 Å². The summed E-state index contributed by atoms with van der Waals surface area (Å²) in [6.07, 6.45) is 8.31. The Morgan fingerprint density at radius 3 is 2.58 bits per heavy atom. The highest BCUT2D eigenvalue weighted by molar-refractivity contribution is 9.09. The van der Waals surface area contributed by atoms with Crippen molar-refractivity contribution in [1.29, 1.82) is 0 Å². The molecule has 0 aromatic carbocycles. The van der Waals surface area contributed by atoms with Crippen LogP contribution in [0.3, 0.4) is 0 Å². The van der Waals surface area contributed by atoms with Gasteiger partial charge in [-0.3, -0.25) is 0 Å². The van der Waals surface area contributed by atoms with Gasteiger partial charge in [-0.15, -0.1) is 0 Å².